The number of aromatic nitrogens is 2. The normalized spacial score (nSPS) is 16.6. The first kappa shape index (κ1) is 17.5. The highest BCUT2D eigenvalue weighted by Crippen LogP contribution is 2.25. The van der Waals surface area contributed by atoms with Crippen LogP contribution in [0, 0.1) is 0 Å². The van der Waals surface area contributed by atoms with Crippen LogP contribution in [0.15, 0.2) is 24.3 Å². The fourth-order valence-electron chi connectivity index (χ4n) is 3.51. The van der Waals surface area contributed by atoms with Gasteiger partial charge in [-0.25, -0.2) is 4.79 Å². The summed E-state index contributed by atoms with van der Waals surface area (Å²) >= 11 is 0. The number of rotatable bonds is 7. The maximum Gasteiger partial charge on any atom is 0.356 e. The van der Waals surface area contributed by atoms with Gasteiger partial charge in [0.15, 0.2) is 5.69 Å². The molecule has 0 saturated carbocycles. The van der Waals surface area contributed by atoms with E-state index in [1.165, 1.54) is 5.56 Å². The van der Waals surface area contributed by atoms with Gasteiger partial charge in [0.25, 0.3) is 0 Å². The van der Waals surface area contributed by atoms with Crippen LogP contribution in [0.2, 0.25) is 0 Å². The quantitative estimate of drug-likeness (QED) is 0.718. The molecule has 3 rings (SSSR count). The van der Waals surface area contributed by atoms with Gasteiger partial charge in [-0.05, 0) is 56.3 Å². The van der Waals surface area contributed by atoms with Crippen LogP contribution in [0.1, 0.15) is 47.1 Å². The number of hydrogen-bond acceptors (Lipinski definition) is 4. The molecule has 0 amide bonds. The van der Waals surface area contributed by atoms with E-state index in [2.05, 4.69) is 17.3 Å². The number of aromatic hydroxyl groups is 1. The van der Waals surface area contributed by atoms with Gasteiger partial charge in [0, 0.05) is 23.8 Å². The Bertz CT molecular complexity index is 737. The fraction of sp³-hybridized carbons (Fsp3) is 0.474. The lowest BCUT2D eigenvalue weighted by Crippen LogP contribution is -2.36. The van der Waals surface area contributed by atoms with E-state index >= 15 is 0 Å². The van der Waals surface area contributed by atoms with Crippen LogP contribution in [0.25, 0.3) is 0 Å². The molecule has 0 saturated heterocycles. The van der Waals surface area contributed by atoms with Gasteiger partial charge in [0.05, 0.1) is 0 Å². The highest BCUT2D eigenvalue weighted by atomic mass is 16.4. The van der Waals surface area contributed by atoms with E-state index in [1.807, 2.05) is 16.8 Å². The molecular formula is C19H25N3O3. The van der Waals surface area contributed by atoms with Crippen molar-refractivity contribution in [3.63, 3.8) is 0 Å². The predicted molar refractivity (Wildman–Crippen MR) is 95.1 cm³/mol. The first-order chi connectivity index (χ1) is 12.1. The Morgan fingerprint density at radius 1 is 1.36 bits per heavy atom. The van der Waals surface area contributed by atoms with E-state index < -0.39 is 5.97 Å². The molecule has 6 nitrogen and oxygen atoms in total. The van der Waals surface area contributed by atoms with Gasteiger partial charge in [0.2, 0.25) is 0 Å². The van der Waals surface area contributed by atoms with Crippen LogP contribution in [0.5, 0.6) is 5.75 Å². The van der Waals surface area contributed by atoms with Crippen molar-refractivity contribution >= 4 is 5.97 Å². The minimum Gasteiger partial charge on any atom is -0.508 e. The number of aromatic carboxylic acids is 1. The maximum absolute atomic E-state index is 11.5. The molecule has 3 N–H and O–H groups in total. The molecule has 1 aromatic carbocycles. The van der Waals surface area contributed by atoms with E-state index in [4.69, 9.17) is 0 Å². The van der Waals surface area contributed by atoms with E-state index in [-0.39, 0.29) is 17.5 Å². The van der Waals surface area contributed by atoms with Crippen LogP contribution in [0.3, 0.4) is 0 Å². The van der Waals surface area contributed by atoms with Gasteiger partial charge in [-0.2, -0.15) is 5.10 Å². The van der Waals surface area contributed by atoms with Crippen LogP contribution < -0.4 is 5.32 Å². The monoisotopic (exact) mass is 343 g/mol. The van der Waals surface area contributed by atoms with Crippen molar-refractivity contribution in [1.29, 1.82) is 0 Å². The largest absolute Gasteiger partial charge is 0.508 e. The molecule has 134 valence electrons. The number of carboxylic acid groups (broad SMARTS) is 1. The van der Waals surface area contributed by atoms with Crippen LogP contribution >= 0.6 is 0 Å². The average Bonchev–Trinajstić information content (AvgIpc) is 2.95. The number of benzene rings is 1. The zero-order valence-corrected chi connectivity index (χ0v) is 14.5. The number of hydrogen-bond donors (Lipinski definition) is 3. The van der Waals surface area contributed by atoms with Crippen molar-refractivity contribution in [3.05, 3.63) is 46.8 Å². The van der Waals surface area contributed by atoms with Gasteiger partial charge >= 0.3 is 5.97 Å². The van der Waals surface area contributed by atoms with Crippen LogP contribution in [0.4, 0.5) is 0 Å². The molecule has 1 atom stereocenters. The van der Waals surface area contributed by atoms with Gasteiger partial charge in [0.1, 0.15) is 5.75 Å². The van der Waals surface area contributed by atoms with Crippen molar-refractivity contribution in [3.8, 4) is 5.75 Å². The summed E-state index contributed by atoms with van der Waals surface area (Å²) in [7, 11) is 0. The second-order valence-electron chi connectivity index (χ2n) is 6.61. The van der Waals surface area contributed by atoms with E-state index in [9.17, 15) is 15.0 Å². The lowest BCUT2D eigenvalue weighted by molar-refractivity contribution is 0.0688. The highest BCUT2D eigenvalue weighted by Gasteiger charge is 2.28. The number of carboxylic acids is 1. The third-order valence-electron chi connectivity index (χ3n) is 4.77. The molecular weight excluding hydrogens is 318 g/mol. The molecule has 0 radical (unpaired) electrons. The molecule has 0 aliphatic heterocycles. The number of fused-ring (bicyclic) bond motifs is 1. The lowest BCUT2D eigenvalue weighted by atomic mass is 9.91. The molecule has 0 unspecified atom stereocenters. The van der Waals surface area contributed by atoms with Crippen molar-refractivity contribution in [1.82, 2.24) is 15.1 Å². The minimum absolute atomic E-state index is 0.216. The smallest absolute Gasteiger partial charge is 0.356 e. The van der Waals surface area contributed by atoms with E-state index in [1.54, 1.807) is 12.1 Å². The molecule has 1 heterocycles. The van der Waals surface area contributed by atoms with Crippen molar-refractivity contribution in [2.24, 2.45) is 0 Å². The third kappa shape index (κ3) is 4.02. The Morgan fingerprint density at radius 3 is 2.80 bits per heavy atom. The minimum atomic E-state index is -0.934. The summed E-state index contributed by atoms with van der Waals surface area (Å²) in [5, 5.41) is 26.6. The zero-order valence-electron chi connectivity index (χ0n) is 14.5. The molecule has 1 aliphatic carbocycles. The third-order valence-corrected chi connectivity index (χ3v) is 4.77. The number of carbonyl (C=O) groups is 1. The summed E-state index contributed by atoms with van der Waals surface area (Å²) in [6, 6.07) is 7.52. The Labute approximate surface area is 147 Å². The van der Waals surface area contributed by atoms with Gasteiger partial charge < -0.3 is 15.5 Å². The van der Waals surface area contributed by atoms with Crippen LogP contribution in [-0.4, -0.2) is 38.5 Å². The summed E-state index contributed by atoms with van der Waals surface area (Å²) in [4.78, 5) is 11.5. The standard InChI is InChI=1S/C19H25N3O3/c1-2-11-22-17-8-5-14(12-16(17)18(21-22)19(24)25)20-10-9-13-3-6-15(23)7-4-13/h3-4,6-7,14,20,23H,2,5,8-12H2,1H3,(H,24,25)/t14-/m0/s1. The highest BCUT2D eigenvalue weighted by molar-refractivity contribution is 5.87. The molecule has 0 spiro atoms. The number of nitrogens with one attached hydrogen (secondary N) is 1. The molecule has 2 aromatic rings. The molecule has 25 heavy (non-hydrogen) atoms. The summed E-state index contributed by atoms with van der Waals surface area (Å²) in [6.07, 6.45) is 4.41. The molecule has 0 bridgehead atoms. The van der Waals surface area contributed by atoms with Gasteiger partial charge in [-0.15, -0.1) is 0 Å². The summed E-state index contributed by atoms with van der Waals surface area (Å²) in [5.41, 5.74) is 3.38. The summed E-state index contributed by atoms with van der Waals surface area (Å²) < 4.78 is 1.88. The molecule has 6 heteroatoms. The summed E-state index contributed by atoms with van der Waals surface area (Å²) in [6.45, 7) is 3.68. The number of phenols is 1. The Balaban J connectivity index is 1.62. The van der Waals surface area contributed by atoms with E-state index in [0.29, 0.717) is 0 Å². The fourth-order valence-corrected chi connectivity index (χ4v) is 3.51. The Hall–Kier alpha value is -2.34. The second-order valence-corrected chi connectivity index (χ2v) is 6.61. The Kier molecular flexibility index (Phi) is 5.38. The first-order valence-corrected chi connectivity index (χ1v) is 8.91. The first-order valence-electron chi connectivity index (χ1n) is 8.91. The average molecular weight is 343 g/mol. The number of aryl methyl sites for hydroxylation is 1. The molecule has 1 aromatic heterocycles. The van der Waals surface area contributed by atoms with Crippen molar-refractivity contribution < 1.29 is 15.0 Å². The number of nitrogens with zero attached hydrogens (tertiary/aromatic N) is 2. The SMILES string of the molecule is CCCn1nc(C(=O)O)c2c1CC[C@H](NCCc1ccc(O)cc1)C2. The van der Waals surface area contributed by atoms with Gasteiger partial charge in [-0.1, -0.05) is 19.1 Å². The van der Waals surface area contributed by atoms with E-state index in [0.717, 1.165) is 56.5 Å². The van der Waals surface area contributed by atoms with Crippen molar-refractivity contribution in [2.45, 2.75) is 51.6 Å². The van der Waals surface area contributed by atoms with Gasteiger partial charge in [-0.3, -0.25) is 4.68 Å². The summed E-state index contributed by atoms with van der Waals surface area (Å²) in [5.74, 6) is -0.655. The Morgan fingerprint density at radius 2 is 2.12 bits per heavy atom. The second kappa shape index (κ2) is 7.70. The van der Waals surface area contributed by atoms with Crippen LogP contribution in [-0.2, 0) is 25.8 Å². The lowest BCUT2D eigenvalue weighted by Gasteiger charge is -2.24. The maximum atomic E-state index is 11.5. The molecule has 0 fully saturated rings. The predicted octanol–water partition coefficient (Wildman–Crippen LogP) is 2.39. The molecule has 1 aliphatic rings. The number of phenolic OH excluding ortho intramolecular Hbond substituents is 1. The van der Waals surface area contributed by atoms with Crippen molar-refractivity contribution in [2.75, 3.05) is 6.54 Å². The topological polar surface area (TPSA) is 87.4 Å². The zero-order chi connectivity index (χ0) is 17.8.